The van der Waals surface area contributed by atoms with Crippen molar-refractivity contribution in [2.45, 2.75) is 32.6 Å². The van der Waals surface area contributed by atoms with Crippen LogP contribution in [0.2, 0.25) is 0 Å². The minimum absolute atomic E-state index is 0.0107. The Labute approximate surface area is 137 Å². The van der Waals surface area contributed by atoms with Crippen molar-refractivity contribution in [1.29, 1.82) is 0 Å². The van der Waals surface area contributed by atoms with Gasteiger partial charge in [0.1, 0.15) is 5.78 Å². The van der Waals surface area contributed by atoms with E-state index in [4.69, 9.17) is 0 Å². The average molecular weight is 316 g/mol. The van der Waals surface area contributed by atoms with Gasteiger partial charge in [-0.3, -0.25) is 9.59 Å². The Morgan fingerprint density at radius 1 is 0.826 bits per heavy atom. The predicted octanol–water partition coefficient (Wildman–Crippen LogP) is 1.66. The third-order valence-corrected chi connectivity index (χ3v) is 4.15. The highest BCUT2D eigenvalue weighted by atomic mass is 16.2. The summed E-state index contributed by atoms with van der Waals surface area (Å²) in [5.74, 6) is 0.189. The molecular formula is C18H24N2O3. The van der Waals surface area contributed by atoms with Crippen molar-refractivity contribution in [2.24, 2.45) is 0 Å². The molecule has 0 unspecified atom stereocenters. The first-order valence-corrected chi connectivity index (χ1v) is 8.15. The molecule has 1 heterocycles. The molecule has 0 aromatic heterocycles. The molecule has 2 rings (SSSR count). The van der Waals surface area contributed by atoms with Crippen LogP contribution in [0.15, 0.2) is 30.3 Å². The Morgan fingerprint density at radius 2 is 1.35 bits per heavy atom. The third kappa shape index (κ3) is 5.51. The van der Waals surface area contributed by atoms with Gasteiger partial charge in [0.15, 0.2) is 0 Å². The molecule has 1 aromatic carbocycles. The maximum absolute atomic E-state index is 12.2. The molecule has 1 aliphatic rings. The SMILES string of the molecule is CC(=O)CCC(=O)N1CCN(C(=O)CCc2ccccc2)CC1. The summed E-state index contributed by atoms with van der Waals surface area (Å²) in [4.78, 5) is 38.7. The van der Waals surface area contributed by atoms with Gasteiger partial charge in [-0.05, 0) is 18.9 Å². The fourth-order valence-electron chi connectivity index (χ4n) is 2.70. The molecule has 0 N–H and O–H groups in total. The monoisotopic (exact) mass is 316 g/mol. The minimum atomic E-state index is 0.0107. The van der Waals surface area contributed by atoms with E-state index in [1.165, 1.54) is 12.5 Å². The zero-order chi connectivity index (χ0) is 16.7. The van der Waals surface area contributed by atoms with E-state index in [9.17, 15) is 14.4 Å². The molecule has 5 heteroatoms. The number of hydrogen-bond acceptors (Lipinski definition) is 3. The topological polar surface area (TPSA) is 57.7 Å². The van der Waals surface area contributed by atoms with Crippen LogP contribution < -0.4 is 0 Å². The molecule has 0 aliphatic carbocycles. The van der Waals surface area contributed by atoms with E-state index in [0.717, 1.165) is 6.42 Å². The lowest BCUT2D eigenvalue weighted by atomic mass is 10.1. The number of piperazine rings is 1. The van der Waals surface area contributed by atoms with Crippen molar-refractivity contribution < 1.29 is 14.4 Å². The predicted molar refractivity (Wildman–Crippen MR) is 87.8 cm³/mol. The maximum Gasteiger partial charge on any atom is 0.223 e. The quantitative estimate of drug-likeness (QED) is 0.802. The first-order valence-electron chi connectivity index (χ1n) is 8.15. The smallest absolute Gasteiger partial charge is 0.223 e. The van der Waals surface area contributed by atoms with Gasteiger partial charge in [-0.25, -0.2) is 0 Å². The van der Waals surface area contributed by atoms with Crippen LogP contribution in [-0.4, -0.2) is 53.6 Å². The van der Waals surface area contributed by atoms with Crippen LogP contribution in [-0.2, 0) is 20.8 Å². The summed E-state index contributed by atoms with van der Waals surface area (Å²) in [5.41, 5.74) is 1.17. The molecule has 0 saturated carbocycles. The Hall–Kier alpha value is -2.17. The summed E-state index contributed by atoms with van der Waals surface area (Å²) >= 11 is 0. The number of rotatable bonds is 6. The van der Waals surface area contributed by atoms with Gasteiger partial charge < -0.3 is 14.6 Å². The lowest BCUT2D eigenvalue weighted by Gasteiger charge is -2.35. The van der Waals surface area contributed by atoms with Gasteiger partial charge in [0, 0.05) is 45.4 Å². The van der Waals surface area contributed by atoms with Crippen LogP contribution in [0.5, 0.6) is 0 Å². The third-order valence-electron chi connectivity index (χ3n) is 4.15. The Kier molecular flexibility index (Phi) is 6.32. The molecule has 23 heavy (non-hydrogen) atoms. The van der Waals surface area contributed by atoms with Crippen LogP contribution in [0, 0.1) is 0 Å². The Bertz CT molecular complexity index is 549. The van der Waals surface area contributed by atoms with Crippen LogP contribution in [0.1, 0.15) is 31.7 Å². The van der Waals surface area contributed by atoms with E-state index in [2.05, 4.69) is 0 Å². The number of Topliss-reactive ketones (excluding diaryl/α,β-unsaturated/α-hetero) is 1. The number of carbonyl (C=O) groups is 3. The zero-order valence-corrected chi connectivity index (χ0v) is 13.7. The Morgan fingerprint density at radius 3 is 1.87 bits per heavy atom. The second-order valence-electron chi connectivity index (χ2n) is 5.95. The van der Waals surface area contributed by atoms with E-state index in [1.54, 1.807) is 4.90 Å². The molecule has 0 radical (unpaired) electrons. The lowest BCUT2D eigenvalue weighted by molar-refractivity contribution is -0.140. The van der Waals surface area contributed by atoms with Crippen molar-refractivity contribution in [2.75, 3.05) is 26.2 Å². The van der Waals surface area contributed by atoms with Gasteiger partial charge in [-0.1, -0.05) is 30.3 Å². The summed E-state index contributed by atoms with van der Waals surface area (Å²) in [5, 5.41) is 0. The molecule has 5 nitrogen and oxygen atoms in total. The number of nitrogens with zero attached hydrogens (tertiary/aromatic N) is 2. The average Bonchev–Trinajstić information content (AvgIpc) is 2.58. The van der Waals surface area contributed by atoms with E-state index in [1.807, 2.05) is 35.2 Å². The van der Waals surface area contributed by atoms with Gasteiger partial charge in [-0.15, -0.1) is 0 Å². The number of aryl methyl sites for hydroxylation is 1. The van der Waals surface area contributed by atoms with Gasteiger partial charge in [0.2, 0.25) is 11.8 Å². The molecular weight excluding hydrogens is 292 g/mol. The summed E-state index contributed by atoms with van der Waals surface area (Å²) < 4.78 is 0. The second-order valence-corrected chi connectivity index (χ2v) is 5.95. The van der Waals surface area contributed by atoms with E-state index < -0.39 is 0 Å². The standard InChI is InChI=1S/C18H24N2O3/c1-15(21)7-9-17(22)19-11-13-20(14-12-19)18(23)10-8-16-5-3-2-4-6-16/h2-6H,7-14H2,1H3. The molecule has 2 amide bonds. The van der Waals surface area contributed by atoms with Gasteiger partial charge in [0.05, 0.1) is 0 Å². The maximum atomic E-state index is 12.2. The number of ketones is 1. The molecule has 0 atom stereocenters. The fraction of sp³-hybridized carbons (Fsp3) is 0.500. The molecule has 1 saturated heterocycles. The first-order chi connectivity index (χ1) is 11.1. The number of benzene rings is 1. The summed E-state index contributed by atoms with van der Waals surface area (Å²) in [6, 6.07) is 9.97. The first kappa shape index (κ1) is 17.2. The van der Waals surface area contributed by atoms with Gasteiger partial charge in [-0.2, -0.15) is 0 Å². The van der Waals surface area contributed by atoms with E-state index in [0.29, 0.717) is 39.0 Å². The van der Waals surface area contributed by atoms with Crippen LogP contribution >= 0.6 is 0 Å². The molecule has 124 valence electrons. The molecule has 0 bridgehead atoms. The highest BCUT2D eigenvalue weighted by molar-refractivity contribution is 5.84. The van der Waals surface area contributed by atoms with Crippen molar-refractivity contribution >= 4 is 17.6 Å². The summed E-state index contributed by atoms with van der Waals surface area (Å²) in [6.45, 7) is 3.79. The highest BCUT2D eigenvalue weighted by Crippen LogP contribution is 2.09. The number of hydrogen-bond donors (Lipinski definition) is 0. The van der Waals surface area contributed by atoms with Crippen molar-refractivity contribution in [1.82, 2.24) is 9.80 Å². The molecule has 1 aromatic rings. The van der Waals surface area contributed by atoms with Crippen molar-refractivity contribution in [3.05, 3.63) is 35.9 Å². The summed E-state index contributed by atoms with van der Waals surface area (Å²) in [6.07, 6.45) is 1.83. The van der Waals surface area contributed by atoms with Gasteiger partial charge in [0.25, 0.3) is 0 Å². The minimum Gasteiger partial charge on any atom is -0.339 e. The van der Waals surface area contributed by atoms with Crippen molar-refractivity contribution in [3.63, 3.8) is 0 Å². The highest BCUT2D eigenvalue weighted by Gasteiger charge is 2.23. The summed E-state index contributed by atoms with van der Waals surface area (Å²) in [7, 11) is 0. The van der Waals surface area contributed by atoms with Crippen molar-refractivity contribution in [3.8, 4) is 0 Å². The zero-order valence-electron chi connectivity index (χ0n) is 13.7. The van der Waals surface area contributed by atoms with Crippen LogP contribution in [0.4, 0.5) is 0 Å². The van der Waals surface area contributed by atoms with Crippen LogP contribution in [0.3, 0.4) is 0 Å². The van der Waals surface area contributed by atoms with Crippen LogP contribution in [0.25, 0.3) is 0 Å². The number of amides is 2. The normalized spacial score (nSPS) is 14.7. The Balaban J connectivity index is 1.72. The molecule has 1 fully saturated rings. The number of carbonyl (C=O) groups excluding carboxylic acids is 3. The largest absolute Gasteiger partial charge is 0.339 e. The molecule has 1 aliphatic heterocycles. The lowest BCUT2D eigenvalue weighted by Crippen LogP contribution is -2.50. The van der Waals surface area contributed by atoms with Gasteiger partial charge >= 0.3 is 0 Å². The fourth-order valence-corrected chi connectivity index (χ4v) is 2.70. The molecule has 0 spiro atoms. The second kappa shape index (κ2) is 8.46. The van der Waals surface area contributed by atoms with E-state index in [-0.39, 0.29) is 24.0 Å². The van der Waals surface area contributed by atoms with E-state index >= 15 is 0 Å².